The minimum Gasteiger partial charge on any atom is -0.290 e. The van der Waals surface area contributed by atoms with Crippen LogP contribution in [0.2, 0.25) is 0 Å². The van der Waals surface area contributed by atoms with E-state index in [4.69, 9.17) is 0 Å². The van der Waals surface area contributed by atoms with Gasteiger partial charge < -0.3 is 0 Å². The third-order valence-corrected chi connectivity index (χ3v) is 3.55. The van der Waals surface area contributed by atoms with Crippen LogP contribution in [-0.2, 0) is 4.79 Å². The monoisotopic (exact) mass is 247 g/mol. The van der Waals surface area contributed by atoms with Crippen molar-refractivity contribution in [3.05, 3.63) is 63.4 Å². The molecule has 19 heavy (non-hydrogen) atoms. The van der Waals surface area contributed by atoms with Gasteiger partial charge in [-0.1, -0.05) is 18.2 Å². The minimum atomic E-state index is -0.0794. The van der Waals surface area contributed by atoms with E-state index in [-0.39, 0.29) is 11.3 Å². The summed E-state index contributed by atoms with van der Waals surface area (Å²) in [5.41, 5.74) is 0.782. The van der Waals surface area contributed by atoms with Crippen LogP contribution in [0.5, 0.6) is 0 Å². The number of aromatic nitrogens is 1. The van der Waals surface area contributed by atoms with E-state index in [1.54, 1.807) is 28.8 Å². The summed E-state index contributed by atoms with van der Waals surface area (Å²) >= 11 is 0. The molecule has 3 nitrogen and oxygen atoms in total. The molecule has 1 aliphatic carbocycles. The Balaban J connectivity index is 2.40. The Morgan fingerprint density at radius 2 is 1.79 bits per heavy atom. The van der Waals surface area contributed by atoms with E-state index in [1.807, 2.05) is 30.3 Å². The van der Waals surface area contributed by atoms with Crippen LogP contribution in [0, 0.1) is 0 Å². The van der Waals surface area contributed by atoms with Crippen molar-refractivity contribution in [2.24, 2.45) is 0 Å². The Hall–Kier alpha value is -2.68. The number of pyridine rings is 2. The molecule has 3 heteroatoms. The largest absolute Gasteiger partial charge is 0.290 e. The van der Waals surface area contributed by atoms with Crippen molar-refractivity contribution >= 4 is 34.2 Å². The molecule has 2 heterocycles. The molecular formula is C16H9NO2. The fourth-order valence-corrected chi connectivity index (χ4v) is 2.70. The third-order valence-electron chi connectivity index (χ3n) is 3.55. The predicted molar refractivity (Wildman–Crippen MR) is 74.4 cm³/mol. The van der Waals surface area contributed by atoms with E-state index in [9.17, 15) is 9.59 Å². The first-order valence-electron chi connectivity index (χ1n) is 6.05. The molecule has 1 aliphatic rings. The maximum Gasteiger partial charge on any atom is 0.255 e. The number of fused-ring (bicyclic) bond motifs is 5. The van der Waals surface area contributed by atoms with Gasteiger partial charge in [0.1, 0.15) is 0 Å². The van der Waals surface area contributed by atoms with Gasteiger partial charge in [-0.2, -0.15) is 0 Å². The molecule has 0 saturated carbocycles. The van der Waals surface area contributed by atoms with Crippen molar-refractivity contribution in [3.8, 4) is 0 Å². The van der Waals surface area contributed by atoms with Crippen LogP contribution in [0.1, 0.15) is 0 Å². The second-order valence-corrected chi connectivity index (χ2v) is 4.66. The summed E-state index contributed by atoms with van der Waals surface area (Å²) in [6, 6.07) is 11.1. The second kappa shape index (κ2) is 3.42. The van der Waals surface area contributed by atoms with Gasteiger partial charge in [0.15, 0.2) is 5.78 Å². The maximum atomic E-state index is 12.1. The summed E-state index contributed by atoms with van der Waals surface area (Å²) in [5.74, 6) is -0.0178. The van der Waals surface area contributed by atoms with E-state index in [1.165, 1.54) is 0 Å². The molecule has 0 saturated heterocycles. The number of ketones is 1. The summed E-state index contributed by atoms with van der Waals surface area (Å²) in [4.78, 5) is 23.6. The molecule has 0 spiro atoms. The van der Waals surface area contributed by atoms with Crippen molar-refractivity contribution in [1.29, 1.82) is 0 Å². The summed E-state index contributed by atoms with van der Waals surface area (Å²) in [6.45, 7) is 0. The number of benzene rings is 1. The topological polar surface area (TPSA) is 38.5 Å². The minimum absolute atomic E-state index is 0.0178. The van der Waals surface area contributed by atoms with Gasteiger partial charge in [-0.3, -0.25) is 14.0 Å². The fourth-order valence-electron chi connectivity index (χ4n) is 2.70. The third kappa shape index (κ3) is 1.32. The Morgan fingerprint density at radius 1 is 0.895 bits per heavy atom. The van der Waals surface area contributed by atoms with Gasteiger partial charge in [-0.05, 0) is 40.1 Å². The quantitative estimate of drug-likeness (QED) is 0.546. The van der Waals surface area contributed by atoms with Gasteiger partial charge in [0.2, 0.25) is 0 Å². The van der Waals surface area contributed by atoms with Gasteiger partial charge in [0, 0.05) is 17.6 Å². The molecule has 0 aliphatic heterocycles. The summed E-state index contributed by atoms with van der Waals surface area (Å²) in [7, 11) is 0. The lowest BCUT2D eigenvalue weighted by Gasteiger charge is -2.05. The van der Waals surface area contributed by atoms with E-state index in [0.29, 0.717) is 0 Å². The fraction of sp³-hybridized carbons (Fsp3) is 0. The zero-order valence-electron chi connectivity index (χ0n) is 9.96. The van der Waals surface area contributed by atoms with E-state index in [2.05, 4.69) is 0 Å². The Bertz CT molecular complexity index is 1040. The summed E-state index contributed by atoms with van der Waals surface area (Å²) in [5, 5.41) is 3.57. The molecule has 0 N–H and O–H groups in total. The molecule has 0 unspecified atom stereocenters. The lowest BCUT2D eigenvalue weighted by atomic mass is 10.1. The van der Waals surface area contributed by atoms with Crippen molar-refractivity contribution in [3.63, 3.8) is 0 Å². The second-order valence-electron chi connectivity index (χ2n) is 4.66. The molecule has 0 bridgehead atoms. The van der Waals surface area contributed by atoms with E-state index < -0.39 is 0 Å². The highest BCUT2D eigenvalue weighted by atomic mass is 16.1. The van der Waals surface area contributed by atoms with Gasteiger partial charge in [-0.25, -0.2) is 0 Å². The average Bonchev–Trinajstić information content (AvgIpc) is 2.80. The first kappa shape index (κ1) is 10.3. The number of nitrogens with zero attached hydrogens (tertiary/aromatic N) is 1. The van der Waals surface area contributed by atoms with Crippen molar-refractivity contribution in [2.45, 2.75) is 0 Å². The highest BCUT2D eigenvalue weighted by Crippen LogP contribution is 2.14. The average molecular weight is 247 g/mol. The number of Topliss-reactive ketones (excluding diaryl/α,β-unsaturated/α-hetero) is 1. The molecule has 4 rings (SSSR count). The SMILES string of the molecule is O=C1C=c2ccc3c(cc(=O)n4ccccc34)c2=C1. The maximum absolute atomic E-state index is 12.1. The van der Waals surface area contributed by atoms with E-state index >= 15 is 0 Å². The molecule has 0 atom stereocenters. The molecule has 0 fully saturated rings. The number of carbonyl (C=O) groups is 1. The van der Waals surface area contributed by atoms with E-state index in [0.717, 1.165) is 26.7 Å². The first-order valence-corrected chi connectivity index (χ1v) is 6.05. The van der Waals surface area contributed by atoms with Gasteiger partial charge in [0.05, 0.1) is 5.52 Å². The number of rotatable bonds is 0. The number of hydrogen-bond donors (Lipinski definition) is 0. The zero-order chi connectivity index (χ0) is 13.0. The standard InChI is InChI=1S/C16H9NO2/c18-11-7-10-4-5-12-14(13(10)8-11)9-16(19)17-6-2-1-3-15(12)17/h1-9H. The van der Waals surface area contributed by atoms with Crippen LogP contribution < -0.4 is 16.0 Å². The van der Waals surface area contributed by atoms with Crippen LogP contribution in [0.3, 0.4) is 0 Å². The molecule has 2 aromatic heterocycles. The van der Waals surface area contributed by atoms with Crippen LogP contribution in [0.25, 0.3) is 28.4 Å². The normalized spacial score (nSPS) is 13.4. The van der Waals surface area contributed by atoms with Crippen molar-refractivity contribution < 1.29 is 4.79 Å². The lowest BCUT2D eigenvalue weighted by Crippen LogP contribution is -2.24. The molecule has 3 aromatic rings. The van der Waals surface area contributed by atoms with Crippen LogP contribution in [0.15, 0.2) is 47.4 Å². The molecule has 0 amide bonds. The highest BCUT2D eigenvalue weighted by molar-refractivity contribution is 6.27. The van der Waals surface area contributed by atoms with Gasteiger partial charge >= 0.3 is 0 Å². The smallest absolute Gasteiger partial charge is 0.255 e. The summed E-state index contributed by atoms with van der Waals surface area (Å²) < 4.78 is 1.62. The zero-order valence-corrected chi connectivity index (χ0v) is 9.96. The Labute approximate surface area is 107 Å². The van der Waals surface area contributed by atoms with Crippen LogP contribution in [0.4, 0.5) is 0 Å². The lowest BCUT2D eigenvalue weighted by molar-refractivity contribution is -0.107. The van der Waals surface area contributed by atoms with Crippen LogP contribution in [-0.4, -0.2) is 10.2 Å². The summed E-state index contributed by atoms with van der Waals surface area (Å²) in [6.07, 6.45) is 4.95. The predicted octanol–water partition coefficient (Wildman–Crippen LogP) is 0.596. The molecule has 90 valence electrons. The number of carbonyl (C=O) groups excluding carboxylic acids is 1. The van der Waals surface area contributed by atoms with Crippen molar-refractivity contribution in [2.75, 3.05) is 0 Å². The Morgan fingerprint density at radius 3 is 2.68 bits per heavy atom. The van der Waals surface area contributed by atoms with Gasteiger partial charge in [0.25, 0.3) is 5.56 Å². The van der Waals surface area contributed by atoms with Crippen molar-refractivity contribution in [1.82, 2.24) is 4.40 Å². The first-order chi connectivity index (χ1) is 9.24. The Kier molecular flexibility index (Phi) is 1.85. The molecule has 1 aromatic carbocycles. The van der Waals surface area contributed by atoms with Gasteiger partial charge in [-0.15, -0.1) is 0 Å². The van der Waals surface area contributed by atoms with Crippen LogP contribution >= 0.6 is 0 Å². The molecular weight excluding hydrogens is 238 g/mol. The highest BCUT2D eigenvalue weighted by Gasteiger charge is 2.08. The molecule has 0 radical (unpaired) electrons. The number of hydrogen-bond acceptors (Lipinski definition) is 2.